The van der Waals surface area contributed by atoms with Crippen molar-refractivity contribution >= 4 is 40.4 Å². The number of anilines is 1. The highest BCUT2D eigenvalue weighted by Crippen LogP contribution is 2.33. The molecule has 5 rings (SSSR count). The summed E-state index contributed by atoms with van der Waals surface area (Å²) < 4.78 is 20.6. The monoisotopic (exact) mass is 494 g/mol. The predicted molar refractivity (Wildman–Crippen MR) is 140 cm³/mol. The Balaban J connectivity index is 1.58. The Morgan fingerprint density at radius 2 is 1.65 bits per heavy atom. The van der Waals surface area contributed by atoms with E-state index in [-0.39, 0.29) is 17.9 Å². The number of halogens is 1. The van der Waals surface area contributed by atoms with Crippen LogP contribution in [0.15, 0.2) is 84.4 Å². The van der Waals surface area contributed by atoms with E-state index in [2.05, 4.69) is 5.32 Å². The van der Waals surface area contributed by atoms with Crippen molar-refractivity contribution in [2.75, 3.05) is 4.90 Å². The molecule has 6 nitrogen and oxygen atoms in total. The molecule has 0 atom stereocenters. The first-order valence-electron chi connectivity index (χ1n) is 11.7. The maximum atomic E-state index is 14.5. The molecule has 0 spiro atoms. The molecule has 7 heteroatoms. The van der Waals surface area contributed by atoms with E-state index in [1.54, 1.807) is 6.07 Å². The fraction of sp³-hybridized carbons (Fsp3) is 0.100. The number of rotatable bonds is 5. The summed E-state index contributed by atoms with van der Waals surface area (Å²) in [7, 11) is 0. The molecule has 0 aromatic heterocycles. The second-order valence-corrected chi connectivity index (χ2v) is 8.82. The molecular weight excluding hydrogens is 471 g/mol. The molecule has 1 aliphatic heterocycles. The molecule has 1 saturated heterocycles. The lowest BCUT2D eigenvalue weighted by Crippen LogP contribution is -2.54. The lowest BCUT2D eigenvalue weighted by molar-refractivity contribution is -0.122. The van der Waals surface area contributed by atoms with Crippen LogP contribution in [0.25, 0.3) is 16.8 Å². The van der Waals surface area contributed by atoms with Gasteiger partial charge in [0.15, 0.2) is 0 Å². The van der Waals surface area contributed by atoms with Crippen LogP contribution in [-0.4, -0.2) is 17.8 Å². The number of urea groups is 1. The molecule has 1 fully saturated rings. The highest BCUT2D eigenvalue weighted by molar-refractivity contribution is 6.39. The largest absolute Gasteiger partial charge is 0.488 e. The van der Waals surface area contributed by atoms with Crippen molar-refractivity contribution in [1.29, 1.82) is 0 Å². The molecule has 4 amide bonds. The van der Waals surface area contributed by atoms with E-state index in [4.69, 9.17) is 4.74 Å². The summed E-state index contributed by atoms with van der Waals surface area (Å²) in [6, 6.07) is 21.6. The number of aryl methyl sites for hydroxylation is 2. The van der Waals surface area contributed by atoms with Gasteiger partial charge < -0.3 is 4.74 Å². The minimum absolute atomic E-state index is 0.243. The fourth-order valence-corrected chi connectivity index (χ4v) is 4.26. The average molecular weight is 495 g/mol. The third-order valence-electron chi connectivity index (χ3n) is 6.38. The van der Waals surface area contributed by atoms with Gasteiger partial charge in [0.2, 0.25) is 0 Å². The van der Waals surface area contributed by atoms with E-state index in [9.17, 15) is 18.8 Å². The highest BCUT2D eigenvalue weighted by Gasteiger charge is 2.38. The Kier molecular flexibility index (Phi) is 6.27. The number of benzene rings is 4. The topological polar surface area (TPSA) is 75.7 Å². The number of carbonyl (C=O) groups is 3. The second-order valence-electron chi connectivity index (χ2n) is 8.82. The number of imide groups is 2. The first-order valence-corrected chi connectivity index (χ1v) is 11.7. The van der Waals surface area contributed by atoms with Gasteiger partial charge in [-0.05, 0) is 65.6 Å². The SMILES string of the molecule is Cc1ccc(COc2ccc3ccccc3c2/C=C2/C(=O)NC(=O)N(c3ccccc3F)C2=O)cc1C. The Hall–Kier alpha value is -4.78. The molecule has 0 aliphatic carbocycles. The van der Waals surface area contributed by atoms with E-state index >= 15 is 0 Å². The zero-order valence-electron chi connectivity index (χ0n) is 20.2. The molecule has 0 unspecified atom stereocenters. The normalized spacial score (nSPS) is 14.8. The predicted octanol–water partition coefficient (Wildman–Crippen LogP) is 5.84. The van der Waals surface area contributed by atoms with Crippen LogP contribution in [-0.2, 0) is 16.2 Å². The highest BCUT2D eigenvalue weighted by atomic mass is 19.1. The van der Waals surface area contributed by atoms with E-state index in [1.165, 1.54) is 29.8 Å². The minimum Gasteiger partial charge on any atom is -0.488 e. The number of nitrogens with zero attached hydrogens (tertiary/aromatic N) is 1. The van der Waals surface area contributed by atoms with Crippen molar-refractivity contribution in [2.24, 2.45) is 0 Å². The molecule has 0 radical (unpaired) electrons. The molecule has 4 aromatic carbocycles. The van der Waals surface area contributed by atoms with Gasteiger partial charge in [-0.1, -0.05) is 60.7 Å². The van der Waals surface area contributed by atoms with E-state index in [1.807, 2.05) is 62.4 Å². The Morgan fingerprint density at radius 1 is 0.892 bits per heavy atom. The zero-order chi connectivity index (χ0) is 26.1. The van der Waals surface area contributed by atoms with Gasteiger partial charge in [-0.15, -0.1) is 0 Å². The Morgan fingerprint density at radius 3 is 2.43 bits per heavy atom. The van der Waals surface area contributed by atoms with Crippen LogP contribution in [0.5, 0.6) is 5.75 Å². The number of hydrogen-bond donors (Lipinski definition) is 1. The molecule has 4 aromatic rings. The molecular formula is C30H23FN2O4. The van der Waals surface area contributed by atoms with Gasteiger partial charge in [-0.25, -0.2) is 14.1 Å². The molecule has 37 heavy (non-hydrogen) atoms. The zero-order valence-corrected chi connectivity index (χ0v) is 20.2. The third-order valence-corrected chi connectivity index (χ3v) is 6.38. The molecule has 0 saturated carbocycles. The lowest BCUT2D eigenvalue weighted by atomic mass is 9.99. The van der Waals surface area contributed by atoms with Crippen molar-refractivity contribution in [3.63, 3.8) is 0 Å². The second kappa shape index (κ2) is 9.70. The van der Waals surface area contributed by atoms with Crippen LogP contribution in [0.4, 0.5) is 14.9 Å². The first kappa shape index (κ1) is 23.9. The summed E-state index contributed by atoms with van der Waals surface area (Å²) in [4.78, 5) is 39.3. The van der Waals surface area contributed by atoms with Crippen LogP contribution in [0.3, 0.4) is 0 Å². The van der Waals surface area contributed by atoms with Crippen LogP contribution >= 0.6 is 0 Å². The maximum absolute atomic E-state index is 14.5. The van der Waals surface area contributed by atoms with Gasteiger partial charge in [-0.3, -0.25) is 14.9 Å². The van der Waals surface area contributed by atoms with E-state index < -0.39 is 23.7 Å². The maximum Gasteiger partial charge on any atom is 0.336 e. The van der Waals surface area contributed by atoms with Crippen molar-refractivity contribution in [1.82, 2.24) is 5.32 Å². The number of hydrogen-bond acceptors (Lipinski definition) is 4. The number of para-hydroxylation sites is 1. The lowest BCUT2D eigenvalue weighted by Gasteiger charge is -2.26. The quantitative estimate of drug-likeness (QED) is 0.279. The molecule has 1 heterocycles. The van der Waals surface area contributed by atoms with Gasteiger partial charge in [0.25, 0.3) is 11.8 Å². The van der Waals surface area contributed by atoms with E-state index in [0.717, 1.165) is 28.0 Å². The number of fused-ring (bicyclic) bond motifs is 1. The molecule has 1 N–H and O–H groups in total. The summed E-state index contributed by atoms with van der Waals surface area (Å²) in [5, 5.41) is 3.77. The van der Waals surface area contributed by atoms with Crippen molar-refractivity contribution < 1.29 is 23.5 Å². The Labute approximate surface area is 213 Å². The van der Waals surface area contributed by atoms with Gasteiger partial charge in [-0.2, -0.15) is 0 Å². The van der Waals surface area contributed by atoms with Gasteiger partial charge >= 0.3 is 6.03 Å². The Bertz CT molecular complexity index is 1610. The smallest absolute Gasteiger partial charge is 0.336 e. The van der Waals surface area contributed by atoms with Gasteiger partial charge in [0.05, 0.1) is 5.69 Å². The van der Waals surface area contributed by atoms with Gasteiger partial charge in [0.1, 0.15) is 23.7 Å². The number of nitrogens with one attached hydrogen (secondary N) is 1. The summed E-state index contributed by atoms with van der Waals surface area (Å²) >= 11 is 0. The van der Waals surface area contributed by atoms with Crippen LogP contribution in [0, 0.1) is 19.7 Å². The standard InChI is InChI=1S/C30H23FN2O4/c1-18-11-12-20(15-19(18)2)17-37-27-14-13-21-7-3-4-8-22(21)23(27)16-24-28(34)32-30(36)33(29(24)35)26-10-6-5-9-25(26)31/h3-16H,17H2,1-2H3,(H,32,34,36)/b24-16-. The number of carbonyl (C=O) groups excluding carboxylic acids is 3. The molecule has 1 aliphatic rings. The van der Waals surface area contributed by atoms with Crippen LogP contribution in [0.1, 0.15) is 22.3 Å². The number of ether oxygens (including phenoxy) is 1. The average Bonchev–Trinajstić information content (AvgIpc) is 2.88. The third kappa shape index (κ3) is 4.59. The minimum atomic E-state index is -1.01. The van der Waals surface area contributed by atoms with Crippen LogP contribution < -0.4 is 15.0 Å². The van der Waals surface area contributed by atoms with Crippen molar-refractivity contribution in [2.45, 2.75) is 20.5 Å². The molecule has 0 bridgehead atoms. The molecule has 184 valence electrons. The summed E-state index contributed by atoms with van der Waals surface area (Å²) in [5.74, 6) is -2.09. The number of amides is 4. The van der Waals surface area contributed by atoms with E-state index in [0.29, 0.717) is 16.2 Å². The van der Waals surface area contributed by atoms with Crippen LogP contribution in [0.2, 0.25) is 0 Å². The number of barbiturate groups is 1. The van der Waals surface area contributed by atoms with Crippen molar-refractivity contribution in [3.8, 4) is 5.75 Å². The van der Waals surface area contributed by atoms with Crippen molar-refractivity contribution in [3.05, 3.63) is 113 Å². The van der Waals surface area contributed by atoms with Gasteiger partial charge in [0, 0.05) is 5.56 Å². The summed E-state index contributed by atoms with van der Waals surface area (Å²) in [6.07, 6.45) is 1.40. The fourth-order valence-electron chi connectivity index (χ4n) is 4.26. The summed E-state index contributed by atoms with van der Waals surface area (Å²) in [5.41, 5.74) is 3.24. The summed E-state index contributed by atoms with van der Waals surface area (Å²) in [6.45, 7) is 4.34. The first-order chi connectivity index (χ1) is 17.8.